The lowest BCUT2D eigenvalue weighted by atomic mass is 10.00. The highest BCUT2D eigenvalue weighted by molar-refractivity contribution is 9.10. The minimum Gasteiger partial charge on any atom is -0.496 e. The van der Waals surface area contributed by atoms with E-state index in [1.165, 1.54) is 5.56 Å². The van der Waals surface area contributed by atoms with E-state index in [0.29, 0.717) is 0 Å². The van der Waals surface area contributed by atoms with Gasteiger partial charge < -0.3 is 15.4 Å². The number of nitrogens with two attached hydrogens (primary N) is 1. The van der Waals surface area contributed by atoms with Crippen molar-refractivity contribution < 1.29 is 4.74 Å². The molecule has 19 heavy (non-hydrogen) atoms. The maximum Gasteiger partial charge on any atom is 0.133 e. The van der Waals surface area contributed by atoms with Gasteiger partial charge in [0.05, 0.1) is 11.6 Å². The van der Waals surface area contributed by atoms with Crippen molar-refractivity contribution in [2.45, 2.75) is 38.8 Å². The lowest BCUT2D eigenvalue weighted by molar-refractivity contribution is 0.303. The Hall–Kier alpha value is -0.580. The summed E-state index contributed by atoms with van der Waals surface area (Å²) < 4.78 is 6.24. The quantitative estimate of drug-likeness (QED) is 0.833. The number of hydrogen-bond donors (Lipinski definition) is 1. The van der Waals surface area contributed by atoms with Crippen LogP contribution in [0.4, 0.5) is 0 Å². The number of benzene rings is 1. The number of hydrogen-bond acceptors (Lipinski definition) is 3. The molecule has 0 saturated heterocycles. The first-order valence-corrected chi connectivity index (χ1v) is 7.41. The van der Waals surface area contributed by atoms with Crippen LogP contribution >= 0.6 is 15.9 Å². The molecule has 0 spiro atoms. The molecule has 2 N–H and O–H groups in total. The highest BCUT2D eigenvalue weighted by Crippen LogP contribution is 2.25. The predicted octanol–water partition coefficient (Wildman–Crippen LogP) is 3.41. The van der Waals surface area contributed by atoms with Gasteiger partial charge in [0.15, 0.2) is 0 Å². The van der Waals surface area contributed by atoms with Gasteiger partial charge in [0.25, 0.3) is 0 Å². The third-order valence-corrected chi connectivity index (χ3v) is 3.65. The van der Waals surface area contributed by atoms with Gasteiger partial charge in [-0.2, -0.15) is 0 Å². The van der Waals surface area contributed by atoms with Gasteiger partial charge in [-0.15, -0.1) is 0 Å². The molecule has 0 fully saturated rings. The smallest absolute Gasteiger partial charge is 0.133 e. The zero-order valence-electron chi connectivity index (χ0n) is 12.4. The van der Waals surface area contributed by atoms with E-state index in [2.05, 4.69) is 53.9 Å². The van der Waals surface area contributed by atoms with E-state index in [1.54, 1.807) is 7.11 Å². The Morgan fingerprint density at radius 2 is 2.05 bits per heavy atom. The molecule has 0 bridgehead atoms. The monoisotopic (exact) mass is 328 g/mol. The van der Waals surface area contributed by atoms with Crippen molar-refractivity contribution in [3.05, 3.63) is 28.2 Å². The molecule has 1 aromatic carbocycles. The SMILES string of the molecule is COc1ccc(CN(C)CCCC(C)(C)N)cc1Br. The van der Waals surface area contributed by atoms with Gasteiger partial charge >= 0.3 is 0 Å². The minimum atomic E-state index is -0.0655. The average molecular weight is 329 g/mol. The number of ether oxygens (including phenoxy) is 1. The molecule has 0 aliphatic heterocycles. The molecule has 0 radical (unpaired) electrons. The highest BCUT2D eigenvalue weighted by atomic mass is 79.9. The summed E-state index contributed by atoms with van der Waals surface area (Å²) in [6, 6.07) is 6.21. The maximum absolute atomic E-state index is 5.99. The Morgan fingerprint density at radius 1 is 1.37 bits per heavy atom. The fourth-order valence-corrected chi connectivity index (χ4v) is 2.59. The largest absolute Gasteiger partial charge is 0.496 e. The first-order valence-electron chi connectivity index (χ1n) is 6.61. The summed E-state index contributed by atoms with van der Waals surface area (Å²) in [6.45, 7) is 6.15. The van der Waals surface area contributed by atoms with Crippen molar-refractivity contribution in [2.24, 2.45) is 5.73 Å². The highest BCUT2D eigenvalue weighted by Gasteiger charge is 2.10. The second kappa shape index (κ2) is 7.27. The van der Waals surface area contributed by atoms with Gasteiger partial charge in [0.2, 0.25) is 0 Å². The second-order valence-electron chi connectivity index (χ2n) is 5.80. The Labute approximate surface area is 125 Å². The van der Waals surface area contributed by atoms with Crippen LogP contribution in [0.25, 0.3) is 0 Å². The van der Waals surface area contributed by atoms with Crippen molar-refractivity contribution in [2.75, 3.05) is 20.7 Å². The number of halogens is 1. The minimum absolute atomic E-state index is 0.0655. The second-order valence-corrected chi connectivity index (χ2v) is 6.65. The molecule has 0 saturated carbocycles. The molecule has 0 aliphatic carbocycles. The maximum atomic E-state index is 5.99. The van der Waals surface area contributed by atoms with Crippen LogP contribution in [-0.4, -0.2) is 31.1 Å². The lowest BCUT2D eigenvalue weighted by Crippen LogP contribution is -2.33. The van der Waals surface area contributed by atoms with Gasteiger partial charge in [-0.1, -0.05) is 6.07 Å². The lowest BCUT2D eigenvalue weighted by Gasteiger charge is -2.21. The van der Waals surface area contributed by atoms with Gasteiger partial charge in [0.1, 0.15) is 5.75 Å². The zero-order valence-corrected chi connectivity index (χ0v) is 14.0. The van der Waals surface area contributed by atoms with E-state index in [1.807, 2.05) is 6.07 Å². The van der Waals surface area contributed by atoms with E-state index < -0.39 is 0 Å². The van der Waals surface area contributed by atoms with Crippen LogP contribution in [0, 0.1) is 0 Å². The molecule has 1 rings (SSSR count). The molecule has 108 valence electrons. The molecule has 0 aliphatic rings. The summed E-state index contributed by atoms with van der Waals surface area (Å²) in [6.07, 6.45) is 2.17. The third kappa shape index (κ3) is 6.41. The van der Waals surface area contributed by atoms with Gasteiger partial charge in [-0.05, 0) is 73.9 Å². The fraction of sp³-hybridized carbons (Fsp3) is 0.600. The van der Waals surface area contributed by atoms with Crippen LogP contribution < -0.4 is 10.5 Å². The molecule has 0 amide bonds. The molecule has 0 aromatic heterocycles. The topological polar surface area (TPSA) is 38.5 Å². The average Bonchev–Trinajstić information content (AvgIpc) is 2.27. The summed E-state index contributed by atoms with van der Waals surface area (Å²) >= 11 is 3.52. The van der Waals surface area contributed by atoms with Gasteiger partial charge in [-0.3, -0.25) is 0 Å². The first kappa shape index (κ1) is 16.5. The van der Waals surface area contributed by atoms with Crippen LogP contribution in [0.3, 0.4) is 0 Å². The molecule has 4 heteroatoms. The summed E-state index contributed by atoms with van der Waals surface area (Å²) in [5, 5.41) is 0. The molecule has 0 heterocycles. The first-order chi connectivity index (χ1) is 8.81. The third-order valence-electron chi connectivity index (χ3n) is 3.03. The Kier molecular flexibility index (Phi) is 6.30. The van der Waals surface area contributed by atoms with Crippen molar-refractivity contribution in [3.63, 3.8) is 0 Å². The fourth-order valence-electron chi connectivity index (χ4n) is 2.00. The van der Waals surface area contributed by atoms with E-state index in [-0.39, 0.29) is 5.54 Å². The van der Waals surface area contributed by atoms with E-state index >= 15 is 0 Å². The zero-order chi connectivity index (χ0) is 14.5. The summed E-state index contributed by atoms with van der Waals surface area (Å²) in [5.74, 6) is 0.872. The van der Waals surface area contributed by atoms with Crippen LogP contribution in [0.1, 0.15) is 32.3 Å². The molecule has 0 unspecified atom stereocenters. The summed E-state index contributed by atoms with van der Waals surface area (Å²) in [5.41, 5.74) is 7.20. The van der Waals surface area contributed by atoms with Crippen LogP contribution in [-0.2, 0) is 6.54 Å². The van der Waals surface area contributed by atoms with Crippen LogP contribution in [0.15, 0.2) is 22.7 Å². The molecule has 3 nitrogen and oxygen atoms in total. The van der Waals surface area contributed by atoms with Gasteiger partial charge in [0, 0.05) is 12.1 Å². The molecule has 1 aromatic rings. The Balaban J connectivity index is 2.44. The van der Waals surface area contributed by atoms with Crippen LogP contribution in [0.2, 0.25) is 0 Å². The summed E-state index contributed by atoms with van der Waals surface area (Å²) in [7, 11) is 3.82. The normalized spacial score (nSPS) is 11.9. The van der Waals surface area contributed by atoms with Gasteiger partial charge in [-0.25, -0.2) is 0 Å². The van der Waals surface area contributed by atoms with Crippen molar-refractivity contribution in [3.8, 4) is 5.75 Å². The molecule has 0 atom stereocenters. The predicted molar refractivity (Wildman–Crippen MR) is 84.5 cm³/mol. The number of methoxy groups -OCH3 is 1. The van der Waals surface area contributed by atoms with Crippen molar-refractivity contribution in [1.29, 1.82) is 0 Å². The molecular weight excluding hydrogens is 304 g/mol. The Bertz CT molecular complexity index is 402. The van der Waals surface area contributed by atoms with E-state index in [0.717, 1.165) is 36.2 Å². The Morgan fingerprint density at radius 3 is 2.58 bits per heavy atom. The summed E-state index contributed by atoms with van der Waals surface area (Å²) in [4.78, 5) is 2.32. The number of nitrogens with zero attached hydrogens (tertiary/aromatic N) is 1. The standard InChI is InChI=1S/C15H25BrN2O/c1-15(2,17)8-5-9-18(3)11-12-6-7-14(19-4)13(16)10-12/h6-7,10H,5,8-9,11,17H2,1-4H3. The van der Waals surface area contributed by atoms with Crippen molar-refractivity contribution in [1.82, 2.24) is 4.90 Å². The van der Waals surface area contributed by atoms with Crippen molar-refractivity contribution >= 4 is 15.9 Å². The van der Waals surface area contributed by atoms with Crippen LogP contribution in [0.5, 0.6) is 5.75 Å². The van der Waals surface area contributed by atoms with E-state index in [4.69, 9.17) is 10.5 Å². The van der Waals surface area contributed by atoms with E-state index in [9.17, 15) is 0 Å². The number of rotatable bonds is 7. The molecular formula is C15H25BrN2O.